The molecular formula is C15H12ClN3OS. The molecule has 1 aromatic carbocycles. The maximum absolute atomic E-state index is 12.4. The summed E-state index contributed by atoms with van der Waals surface area (Å²) in [5.74, 6) is -0.236. The second-order valence-electron chi connectivity index (χ2n) is 4.65. The summed E-state index contributed by atoms with van der Waals surface area (Å²) < 4.78 is 0.995. The minimum absolute atomic E-state index is 0.236. The first-order valence-corrected chi connectivity index (χ1v) is 7.53. The Kier molecular flexibility index (Phi) is 3.61. The molecule has 0 saturated heterocycles. The molecule has 1 N–H and O–H groups in total. The van der Waals surface area contributed by atoms with Crippen LogP contribution in [0.4, 0.5) is 5.69 Å². The molecule has 1 amide bonds. The lowest BCUT2D eigenvalue weighted by atomic mass is 10.1. The van der Waals surface area contributed by atoms with Gasteiger partial charge in [0.2, 0.25) is 0 Å². The van der Waals surface area contributed by atoms with Crippen molar-refractivity contribution < 1.29 is 4.79 Å². The van der Waals surface area contributed by atoms with Crippen LogP contribution in [0.5, 0.6) is 0 Å². The Hall–Kier alpha value is -1.98. The predicted molar refractivity (Wildman–Crippen MR) is 86.3 cm³/mol. The molecule has 0 aliphatic heterocycles. The highest BCUT2D eigenvalue weighted by Gasteiger charge is 2.15. The number of rotatable bonds is 2. The van der Waals surface area contributed by atoms with E-state index in [1.54, 1.807) is 35.9 Å². The minimum atomic E-state index is -0.236. The number of nitrogens with zero attached hydrogens (tertiary/aromatic N) is 2. The first-order chi connectivity index (χ1) is 10.1. The van der Waals surface area contributed by atoms with Gasteiger partial charge in [0.25, 0.3) is 5.91 Å². The largest absolute Gasteiger partial charge is 0.319 e. The van der Waals surface area contributed by atoms with E-state index in [0.29, 0.717) is 16.3 Å². The van der Waals surface area contributed by atoms with Crippen molar-refractivity contribution in [3.8, 4) is 0 Å². The Balaban J connectivity index is 2.04. The lowest BCUT2D eigenvalue weighted by Crippen LogP contribution is -2.14. The number of halogens is 1. The fourth-order valence-electron chi connectivity index (χ4n) is 2.08. The van der Waals surface area contributed by atoms with Crippen LogP contribution in [0.2, 0.25) is 5.02 Å². The first kappa shape index (κ1) is 14.0. The molecule has 0 bridgehead atoms. The van der Waals surface area contributed by atoms with Crippen molar-refractivity contribution in [2.45, 2.75) is 13.8 Å². The van der Waals surface area contributed by atoms with Gasteiger partial charge in [0.1, 0.15) is 5.52 Å². The van der Waals surface area contributed by atoms with Crippen LogP contribution in [-0.4, -0.2) is 15.9 Å². The van der Waals surface area contributed by atoms with Gasteiger partial charge in [0.15, 0.2) is 0 Å². The number of thiazole rings is 1. The summed E-state index contributed by atoms with van der Waals surface area (Å²) >= 11 is 7.79. The molecule has 21 heavy (non-hydrogen) atoms. The standard InChI is InChI=1S/C15H12ClN3OS/c1-8-5-6-17-7-10(8)15(20)19-13-11(16)3-4-12-14(13)18-9(2)21-12/h3-7H,1-2H3,(H,19,20). The van der Waals surface area contributed by atoms with E-state index in [-0.39, 0.29) is 5.91 Å². The van der Waals surface area contributed by atoms with Crippen molar-refractivity contribution in [3.05, 3.63) is 51.7 Å². The SMILES string of the molecule is Cc1nc2c(NC(=O)c3cnccc3C)c(Cl)ccc2s1. The number of carbonyl (C=O) groups is 1. The summed E-state index contributed by atoms with van der Waals surface area (Å²) in [6.45, 7) is 3.79. The Morgan fingerprint density at radius 1 is 1.29 bits per heavy atom. The van der Waals surface area contributed by atoms with Crippen LogP contribution in [0.3, 0.4) is 0 Å². The topological polar surface area (TPSA) is 54.9 Å². The maximum atomic E-state index is 12.4. The zero-order valence-electron chi connectivity index (χ0n) is 11.5. The highest BCUT2D eigenvalue weighted by molar-refractivity contribution is 7.18. The number of aryl methyl sites for hydroxylation is 2. The van der Waals surface area contributed by atoms with Crippen LogP contribution in [0.15, 0.2) is 30.6 Å². The molecular weight excluding hydrogens is 306 g/mol. The summed E-state index contributed by atoms with van der Waals surface area (Å²) in [5.41, 5.74) is 2.66. The Labute approximate surface area is 130 Å². The molecule has 4 nitrogen and oxygen atoms in total. The van der Waals surface area contributed by atoms with Crippen molar-refractivity contribution in [3.63, 3.8) is 0 Å². The Morgan fingerprint density at radius 2 is 2.10 bits per heavy atom. The molecule has 0 spiro atoms. The second kappa shape index (κ2) is 5.42. The van der Waals surface area contributed by atoms with E-state index < -0.39 is 0 Å². The normalized spacial score (nSPS) is 10.8. The molecule has 0 fully saturated rings. The number of anilines is 1. The van der Waals surface area contributed by atoms with Gasteiger partial charge in [0.05, 0.1) is 26.0 Å². The van der Waals surface area contributed by atoms with Crippen LogP contribution in [-0.2, 0) is 0 Å². The number of hydrogen-bond acceptors (Lipinski definition) is 4. The monoisotopic (exact) mass is 317 g/mol. The van der Waals surface area contributed by atoms with Gasteiger partial charge in [0, 0.05) is 12.4 Å². The highest BCUT2D eigenvalue weighted by atomic mass is 35.5. The lowest BCUT2D eigenvalue weighted by Gasteiger charge is -2.09. The van der Waals surface area contributed by atoms with Crippen molar-refractivity contribution in [2.24, 2.45) is 0 Å². The third kappa shape index (κ3) is 2.62. The average molecular weight is 318 g/mol. The van der Waals surface area contributed by atoms with Crippen LogP contribution >= 0.6 is 22.9 Å². The fourth-order valence-corrected chi connectivity index (χ4v) is 3.12. The molecule has 0 aliphatic carbocycles. The molecule has 3 rings (SSSR count). The van der Waals surface area contributed by atoms with Crippen LogP contribution in [0, 0.1) is 13.8 Å². The van der Waals surface area contributed by atoms with Crippen molar-refractivity contribution in [2.75, 3.05) is 5.32 Å². The number of amides is 1. The van der Waals surface area contributed by atoms with Crippen molar-refractivity contribution >= 4 is 44.7 Å². The van der Waals surface area contributed by atoms with Gasteiger partial charge in [-0.25, -0.2) is 4.98 Å². The quantitative estimate of drug-likeness (QED) is 0.770. The minimum Gasteiger partial charge on any atom is -0.319 e. The number of nitrogens with one attached hydrogen (secondary N) is 1. The zero-order valence-corrected chi connectivity index (χ0v) is 13.0. The molecule has 0 unspecified atom stereocenters. The Morgan fingerprint density at radius 3 is 2.86 bits per heavy atom. The number of pyridine rings is 1. The molecule has 3 aromatic rings. The molecule has 6 heteroatoms. The highest BCUT2D eigenvalue weighted by Crippen LogP contribution is 2.34. The van der Waals surface area contributed by atoms with E-state index in [0.717, 1.165) is 20.8 Å². The van der Waals surface area contributed by atoms with E-state index >= 15 is 0 Å². The van der Waals surface area contributed by atoms with Crippen molar-refractivity contribution in [1.29, 1.82) is 0 Å². The molecule has 0 saturated carbocycles. The van der Waals surface area contributed by atoms with E-state index in [1.807, 2.05) is 19.9 Å². The third-order valence-corrected chi connectivity index (χ3v) is 4.39. The summed E-state index contributed by atoms with van der Waals surface area (Å²) in [6, 6.07) is 5.48. The van der Waals surface area contributed by atoms with Crippen LogP contribution in [0.25, 0.3) is 10.2 Å². The number of hydrogen-bond donors (Lipinski definition) is 1. The molecule has 0 aliphatic rings. The van der Waals surface area contributed by atoms with E-state index in [2.05, 4.69) is 15.3 Å². The summed E-state index contributed by atoms with van der Waals surface area (Å²) in [6.07, 6.45) is 3.20. The van der Waals surface area contributed by atoms with E-state index in [1.165, 1.54) is 0 Å². The Bertz CT molecular complexity index is 844. The number of carbonyl (C=O) groups excluding carboxylic acids is 1. The van der Waals surface area contributed by atoms with E-state index in [9.17, 15) is 4.79 Å². The van der Waals surface area contributed by atoms with Gasteiger partial charge in [-0.05, 0) is 37.6 Å². The molecule has 0 atom stereocenters. The predicted octanol–water partition coefficient (Wildman–Crippen LogP) is 4.21. The number of aromatic nitrogens is 2. The molecule has 2 aromatic heterocycles. The van der Waals surface area contributed by atoms with Gasteiger partial charge in [-0.15, -0.1) is 11.3 Å². The third-order valence-electron chi connectivity index (χ3n) is 3.14. The smallest absolute Gasteiger partial charge is 0.257 e. The first-order valence-electron chi connectivity index (χ1n) is 6.34. The maximum Gasteiger partial charge on any atom is 0.257 e. The van der Waals surface area contributed by atoms with Gasteiger partial charge in [-0.1, -0.05) is 11.6 Å². The van der Waals surface area contributed by atoms with Crippen LogP contribution < -0.4 is 5.32 Å². The molecule has 106 valence electrons. The summed E-state index contributed by atoms with van der Waals surface area (Å²) in [5, 5.41) is 4.26. The van der Waals surface area contributed by atoms with Crippen molar-refractivity contribution in [1.82, 2.24) is 9.97 Å². The second-order valence-corrected chi connectivity index (χ2v) is 6.29. The van der Waals surface area contributed by atoms with Gasteiger partial charge in [-0.2, -0.15) is 0 Å². The average Bonchev–Trinajstić information content (AvgIpc) is 2.83. The zero-order chi connectivity index (χ0) is 15.0. The fraction of sp³-hybridized carbons (Fsp3) is 0.133. The summed E-state index contributed by atoms with van der Waals surface area (Å²) in [7, 11) is 0. The summed E-state index contributed by atoms with van der Waals surface area (Å²) in [4.78, 5) is 20.8. The van der Waals surface area contributed by atoms with Crippen LogP contribution in [0.1, 0.15) is 20.9 Å². The number of fused-ring (bicyclic) bond motifs is 1. The van der Waals surface area contributed by atoms with E-state index in [4.69, 9.17) is 11.6 Å². The van der Waals surface area contributed by atoms with Gasteiger partial charge < -0.3 is 5.32 Å². The van der Waals surface area contributed by atoms with Gasteiger partial charge in [-0.3, -0.25) is 9.78 Å². The molecule has 0 radical (unpaired) electrons. The van der Waals surface area contributed by atoms with Gasteiger partial charge >= 0.3 is 0 Å². The number of benzene rings is 1. The lowest BCUT2D eigenvalue weighted by molar-refractivity contribution is 0.102. The molecule has 2 heterocycles.